The van der Waals surface area contributed by atoms with Gasteiger partial charge in [0.15, 0.2) is 0 Å². The first-order valence-electron chi connectivity index (χ1n) is 7.45. The van der Waals surface area contributed by atoms with Gasteiger partial charge in [0.2, 0.25) is 0 Å². The van der Waals surface area contributed by atoms with Gasteiger partial charge in [-0.25, -0.2) is 0 Å². The molecule has 0 fully saturated rings. The molecule has 0 aromatic heterocycles. The molecule has 0 spiro atoms. The van der Waals surface area contributed by atoms with Crippen molar-refractivity contribution < 1.29 is 0 Å². The summed E-state index contributed by atoms with van der Waals surface area (Å²) in [6.45, 7) is 0. The molecule has 0 saturated heterocycles. The summed E-state index contributed by atoms with van der Waals surface area (Å²) in [5.74, 6) is 0. The summed E-state index contributed by atoms with van der Waals surface area (Å²) in [5.41, 5.74) is 12.5. The van der Waals surface area contributed by atoms with E-state index in [0.29, 0.717) is 43.4 Å². The van der Waals surface area contributed by atoms with Crippen molar-refractivity contribution in [3.63, 3.8) is 0 Å². The van der Waals surface area contributed by atoms with Crippen LogP contribution in [0.5, 0.6) is 0 Å². The standard InChI is InChI=1S/C20H10N6/c21-7-11(8-22)19-15-3-1-13(25)5-17(15)20(12(9-23)10-24)16-4-2-14(26)6-18(16)19/h1-6H,25-26H2. The minimum atomic E-state index is -0.0858. The topological polar surface area (TPSA) is 147 Å². The van der Waals surface area contributed by atoms with Crippen LogP contribution in [0.1, 0.15) is 0 Å². The average molecular weight is 334 g/mol. The number of anilines is 2. The van der Waals surface area contributed by atoms with Gasteiger partial charge < -0.3 is 11.5 Å². The van der Waals surface area contributed by atoms with E-state index in [-0.39, 0.29) is 11.1 Å². The van der Waals surface area contributed by atoms with Gasteiger partial charge >= 0.3 is 0 Å². The highest BCUT2D eigenvalue weighted by Crippen LogP contribution is 2.20. The van der Waals surface area contributed by atoms with Gasteiger partial charge in [0.05, 0.1) is 0 Å². The maximum absolute atomic E-state index is 9.42. The van der Waals surface area contributed by atoms with Crippen molar-refractivity contribution in [3.05, 3.63) is 46.8 Å². The molecule has 0 heterocycles. The molecular formula is C20H10N6. The summed E-state index contributed by atoms with van der Waals surface area (Å²) in [6, 6.07) is 17.5. The molecule has 0 amide bonds. The lowest BCUT2D eigenvalue weighted by Gasteiger charge is -2.09. The van der Waals surface area contributed by atoms with Crippen LogP contribution in [0.25, 0.3) is 32.7 Å². The van der Waals surface area contributed by atoms with E-state index in [9.17, 15) is 21.0 Å². The summed E-state index contributed by atoms with van der Waals surface area (Å²) in [6.07, 6.45) is 0. The van der Waals surface area contributed by atoms with E-state index in [1.165, 1.54) is 0 Å². The van der Waals surface area contributed by atoms with Crippen molar-refractivity contribution in [2.45, 2.75) is 0 Å². The molecule has 0 atom stereocenters. The second kappa shape index (κ2) is 6.17. The van der Waals surface area contributed by atoms with Crippen molar-refractivity contribution in [1.29, 1.82) is 21.0 Å². The number of rotatable bonds is 0. The van der Waals surface area contributed by atoms with E-state index in [1.54, 1.807) is 36.4 Å². The van der Waals surface area contributed by atoms with Gasteiger partial charge in [0, 0.05) is 21.8 Å². The van der Waals surface area contributed by atoms with Gasteiger partial charge in [0.1, 0.15) is 35.4 Å². The van der Waals surface area contributed by atoms with Crippen molar-refractivity contribution >= 4 is 44.1 Å². The molecule has 0 aliphatic heterocycles. The highest BCUT2D eigenvalue weighted by Gasteiger charge is 2.13. The number of nitrogens with zero attached hydrogens (tertiary/aromatic N) is 4. The molecule has 0 saturated carbocycles. The van der Waals surface area contributed by atoms with Crippen LogP contribution in [0, 0.1) is 45.3 Å². The molecule has 3 aromatic carbocycles. The van der Waals surface area contributed by atoms with Crippen LogP contribution in [0.2, 0.25) is 0 Å². The van der Waals surface area contributed by atoms with Crippen LogP contribution in [0.3, 0.4) is 0 Å². The number of benzene rings is 3. The Morgan fingerprint density at radius 1 is 0.577 bits per heavy atom. The van der Waals surface area contributed by atoms with Gasteiger partial charge in [-0.1, -0.05) is 12.1 Å². The summed E-state index contributed by atoms with van der Waals surface area (Å²) >= 11 is 0. The fraction of sp³-hybridized carbons (Fsp3) is 0. The van der Waals surface area contributed by atoms with E-state index >= 15 is 0 Å². The van der Waals surface area contributed by atoms with Crippen LogP contribution in [-0.2, 0) is 0 Å². The maximum Gasteiger partial charge on any atom is 0.138 e. The van der Waals surface area contributed by atoms with E-state index in [1.807, 2.05) is 24.3 Å². The minimum absolute atomic E-state index is 0.0858. The first kappa shape index (κ1) is 16.3. The molecule has 6 heteroatoms. The molecule has 0 aliphatic rings. The lowest BCUT2D eigenvalue weighted by Crippen LogP contribution is -2.19. The molecule has 26 heavy (non-hydrogen) atoms. The third kappa shape index (κ3) is 2.33. The molecular weight excluding hydrogens is 324 g/mol. The Balaban J connectivity index is 2.97. The molecule has 3 rings (SSSR count). The summed E-state index contributed by atoms with van der Waals surface area (Å²) in [4.78, 5) is 0. The summed E-state index contributed by atoms with van der Waals surface area (Å²) in [7, 11) is 0. The maximum atomic E-state index is 9.42. The number of fused-ring (bicyclic) bond motifs is 2. The molecule has 0 radical (unpaired) electrons. The zero-order chi connectivity index (χ0) is 18.8. The van der Waals surface area contributed by atoms with Crippen LogP contribution in [-0.4, -0.2) is 0 Å². The predicted octanol–water partition coefficient (Wildman–Crippen LogP) is 1.55. The number of nitriles is 4. The van der Waals surface area contributed by atoms with Crippen LogP contribution in [0.4, 0.5) is 11.4 Å². The summed E-state index contributed by atoms with van der Waals surface area (Å²) in [5, 5.41) is 40.6. The lowest BCUT2D eigenvalue weighted by atomic mass is 9.93. The predicted molar refractivity (Wildman–Crippen MR) is 98.8 cm³/mol. The Kier molecular flexibility index (Phi) is 3.88. The number of nitrogens with two attached hydrogens (primary N) is 2. The third-order valence-electron chi connectivity index (χ3n) is 4.11. The van der Waals surface area contributed by atoms with Crippen molar-refractivity contribution in [3.8, 4) is 24.3 Å². The van der Waals surface area contributed by atoms with E-state index < -0.39 is 0 Å². The molecule has 0 unspecified atom stereocenters. The SMILES string of the molecule is N#CC(C#N)=c1c2ccc(N)cc2c(=C(C#N)C#N)c2ccc(N)cc12. The van der Waals surface area contributed by atoms with Crippen molar-refractivity contribution in [2.75, 3.05) is 11.5 Å². The van der Waals surface area contributed by atoms with Gasteiger partial charge in [0.25, 0.3) is 0 Å². The molecule has 120 valence electrons. The first-order chi connectivity index (χ1) is 12.5. The number of hydrogen-bond donors (Lipinski definition) is 2. The third-order valence-corrected chi connectivity index (χ3v) is 4.11. The Bertz CT molecular complexity index is 1240. The fourth-order valence-corrected chi connectivity index (χ4v) is 3.08. The molecule has 0 bridgehead atoms. The second-order valence-corrected chi connectivity index (χ2v) is 5.56. The normalized spacial score (nSPS) is 9.69. The van der Waals surface area contributed by atoms with Crippen molar-refractivity contribution in [2.24, 2.45) is 0 Å². The largest absolute Gasteiger partial charge is 0.399 e. The van der Waals surface area contributed by atoms with Gasteiger partial charge in [-0.2, -0.15) is 21.0 Å². The van der Waals surface area contributed by atoms with Gasteiger partial charge in [-0.3, -0.25) is 0 Å². The Morgan fingerprint density at radius 2 is 0.923 bits per heavy atom. The molecule has 3 aromatic rings. The van der Waals surface area contributed by atoms with Crippen LogP contribution in [0.15, 0.2) is 36.4 Å². The monoisotopic (exact) mass is 334 g/mol. The van der Waals surface area contributed by atoms with Crippen LogP contribution >= 0.6 is 0 Å². The quantitative estimate of drug-likeness (QED) is 0.471. The molecule has 0 aliphatic carbocycles. The molecule has 6 nitrogen and oxygen atoms in total. The first-order valence-corrected chi connectivity index (χ1v) is 7.45. The van der Waals surface area contributed by atoms with E-state index in [0.717, 1.165) is 0 Å². The average Bonchev–Trinajstić information content (AvgIpc) is 2.64. The highest BCUT2D eigenvalue weighted by molar-refractivity contribution is 6.07. The Morgan fingerprint density at radius 3 is 1.23 bits per heavy atom. The minimum Gasteiger partial charge on any atom is -0.399 e. The van der Waals surface area contributed by atoms with Gasteiger partial charge in [-0.05, 0) is 45.8 Å². The molecule has 4 N–H and O–H groups in total. The Hall–Kier alpha value is -4.52. The highest BCUT2D eigenvalue weighted by atomic mass is 14.5. The second-order valence-electron chi connectivity index (χ2n) is 5.56. The number of nitrogen functional groups attached to an aromatic ring is 2. The van der Waals surface area contributed by atoms with Gasteiger partial charge in [-0.15, -0.1) is 0 Å². The summed E-state index contributed by atoms with van der Waals surface area (Å²) < 4.78 is 0. The fourth-order valence-electron chi connectivity index (χ4n) is 3.08. The smallest absolute Gasteiger partial charge is 0.138 e. The van der Waals surface area contributed by atoms with E-state index in [4.69, 9.17) is 11.5 Å². The van der Waals surface area contributed by atoms with E-state index in [2.05, 4.69) is 0 Å². The number of hydrogen-bond acceptors (Lipinski definition) is 6. The lowest BCUT2D eigenvalue weighted by molar-refractivity contribution is 1.50. The Labute approximate surface area is 148 Å². The van der Waals surface area contributed by atoms with Crippen LogP contribution < -0.4 is 21.9 Å². The zero-order valence-corrected chi connectivity index (χ0v) is 13.4. The zero-order valence-electron chi connectivity index (χ0n) is 13.4. The van der Waals surface area contributed by atoms with Crippen molar-refractivity contribution in [1.82, 2.24) is 0 Å².